The number of carbonyl (C=O) groups excluding carboxylic acids is 1. The van der Waals surface area contributed by atoms with Crippen LogP contribution in [0.3, 0.4) is 0 Å². The molecule has 0 saturated heterocycles. The Labute approximate surface area is 186 Å². The third-order valence-corrected chi connectivity index (χ3v) is 5.21. The highest BCUT2D eigenvalue weighted by molar-refractivity contribution is 5.81. The first kappa shape index (κ1) is 22.4. The molecule has 0 bridgehead atoms. The molecule has 6 nitrogen and oxygen atoms in total. The SMILES string of the molecule is Cc1ccc(CC(=O)CCC(F)(F)F)cc1-c1cnc2cc(-c3ncc(F)c(N)n3)ccn12. The first-order valence-corrected chi connectivity index (χ1v) is 10.0. The van der Waals surface area contributed by atoms with Crippen LogP contribution in [0.2, 0.25) is 0 Å². The van der Waals surface area contributed by atoms with Crippen LogP contribution in [0.1, 0.15) is 24.0 Å². The predicted octanol–water partition coefficient (Wildman–Crippen LogP) is 4.94. The van der Waals surface area contributed by atoms with Crippen LogP contribution < -0.4 is 5.73 Å². The number of hydrogen-bond donors (Lipinski definition) is 1. The summed E-state index contributed by atoms with van der Waals surface area (Å²) in [5.41, 5.74) is 9.82. The number of halogens is 4. The molecule has 0 atom stereocenters. The van der Waals surface area contributed by atoms with Gasteiger partial charge in [-0.3, -0.25) is 9.20 Å². The number of benzene rings is 1. The lowest BCUT2D eigenvalue weighted by Gasteiger charge is -2.10. The standard InChI is InChI=1S/C23H19F4N5O/c1-13-2-3-14(8-16(33)4-6-23(25,26)27)9-17(13)19-12-29-20-10-15(5-7-32(19)20)22-30-11-18(24)21(28)31-22/h2-3,5,7,9-12H,4,6,8H2,1H3,(H2,28,30,31). The van der Waals surface area contributed by atoms with Gasteiger partial charge < -0.3 is 5.73 Å². The van der Waals surface area contributed by atoms with Crippen molar-refractivity contribution < 1.29 is 22.4 Å². The second-order valence-corrected chi connectivity index (χ2v) is 7.69. The molecule has 3 heterocycles. The molecule has 170 valence electrons. The van der Waals surface area contributed by atoms with Gasteiger partial charge in [0.25, 0.3) is 0 Å². The summed E-state index contributed by atoms with van der Waals surface area (Å²) in [7, 11) is 0. The quantitative estimate of drug-likeness (QED) is 0.415. The molecule has 0 amide bonds. The molecule has 0 spiro atoms. The lowest BCUT2D eigenvalue weighted by atomic mass is 9.98. The van der Waals surface area contributed by atoms with E-state index in [0.29, 0.717) is 16.8 Å². The van der Waals surface area contributed by atoms with E-state index in [2.05, 4.69) is 15.0 Å². The lowest BCUT2D eigenvalue weighted by molar-refractivity contribution is -0.143. The summed E-state index contributed by atoms with van der Waals surface area (Å²) in [4.78, 5) is 24.3. The Bertz CT molecular complexity index is 1350. The van der Waals surface area contributed by atoms with E-state index < -0.39 is 30.6 Å². The molecule has 0 unspecified atom stereocenters. The number of fused-ring (bicyclic) bond motifs is 1. The highest BCUT2D eigenvalue weighted by Gasteiger charge is 2.27. The van der Waals surface area contributed by atoms with Crippen LogP contribution in [0, 0.1) is 12.7 Å². The number of imidazole rings is 1. The number of hydrogen-bond acceptors (Lipinski definition) is 5. The molecule has 0 aliphatic heterocycles. The highest BCUT2D eigenvalue weighted by Crippen LogP contribution is 2.28. The van der Waals surface area contributed by atoms with Gasteiger partial charge in [0.05, 0.1) is 24.5 Å². The van der Waals surface area contributed by atoms with Crippen molar-refractivity contribution in [3.8, 4) is 22.6 Å². The number of carbonyl (C=O) groups is 1. The predicted molar refractivity (Wildman–Crippen MR) is 115 cm³/mol. The summed E-state index contributed by atoms with van der Waals surface area (Å²) in [5, 5.41) is 0. The van der Waals surface area contributed by atoms with Crippen LogP contribution in [0.25, 0.3) is 28.3 Å². The van der Waals surface area contributed by atoms with Crippen molar-refractivity contribution in [3.05, 3.63) is 65.9 Å². The number of pyridine rings is 1. The number of nitrogens with zero attached hydrogens (tertiary/aromatic N) is 4. The van der Waals surface area contributed by atoms with Crippen molar-refractivity contribution in [1.82, 2.24) is 19.4 Å². The molecule has 33 heavy (non-hydrogen) atoms. The second kappa shape index (κ2) is 8.61. The smallest absolute Gasteiger partial charge is 0.381 e. The summed E-state index contributed by atoms with van der Waals surface area (Å²) < 4.78 is 52.4. The van der Waals surface area contributed by atoms with Crippen molar-refractivity contribution in [2.75, 3.05) is 5.73 Å². The van der Waals surface area contributed by atoms with E-state index in [-0.39, 0.29) is 18.1 Å². The topological polar surface area (TPSA) is 86.2 Å². The Morgan fingerprint density at radius 1 is 1.12 bits per heavy atom. The number of rotatable bonds is 6. The molecule has 4 aromatic rings. The third-order valence-electron chi connectivity index (χ3n) is 5.21. The van der Waals surface area contributed by atoms with Crippen molar-refractivity contribution >= 4 is 17.2 Å². The fraction of sp³-hybridized carbons (Fsp3) is 0.217. The zero-order chi connectivity index (χ0) is 23.8. The molecular weight excluding hydrogens is 438 g/mol. The molecule has 10 heteroatoms. The minimum absolute atomic E-state index is 0.0758. The average molecular weight is 457 g/mol. The zero-order valence-electron chi connectivity index (χ0n) is 17.5. The number of alkyl halides is 3. The Kier molecular flexibility index (Phi) is 5.84. The van der Waals surface area contributed by atoms with Gasteiger partial charge >= 0.3 is 6.18 Å². The number of Topliss-reactive ketones (excluding diaryl/α,β-unsaturated/α-hetero) is 1. The van der Waals surface area contributed by atoms with Crippen molar-refractivity contribution in [2.24, 2.45) is 0 Å². The summed E-state index contributed by atoms with van der Waals surface area (Å²) in [6.07, 6.45) is -1.66. The largest absolute Gasteiger partial charge is 0.389 e. The fourth-order valence-corrected chi connectivity index (χ4v) is 3.49. The molecule has 2 N–H and O–H groups in total. The molecule has 0 aliphatic rings. The monoisotopic (exact) mass is 457 g/mol. The summed E-state index contributed by atoms with van der Waals surface area (Å²) in [5.74, 6) is -1.16. The van der Waals surface area contributed by atoms with Crippen molar-refractivity contribution in [3.63, 3.8) is 0 Å². The molecule has 0 aliphatic carbocycles. The van der Waals surface area contributed by atoms with Crippen LogP contribution in [0.15, 0.2) is 48.9 Å². The van der Waals surface area contributed by atoms with E-state index in [0.717, 1.165) is 23.0 Å². The molecule has 1 aromatic carbocycles. The maximum absolute atomic E-state index is 13.4. The van der Waals surface area contributed by atoms with Gasteiger partial charge in [0.2, 0.25) is 0 Å². The first-order valence-electron chi connectivity index (χ1n) is 10.0. The first-order chi connectivity index (χ1) is 15.6. The number of nitrogen functional groups attached to an aromatic ring is 1. The number of nitrogens with two attached hydrogens (primary N) is 1. The van der Waals surface area contributed by atoms with E-state index in [1.54, 1.807) is 36.7 Å². The molecular formula is C23H19F4N5O. The summed E-state index contributed by atoms with van der Waals surface area (Å²) >= 11 is 0. The van der Waals surface area contributed by atoms with Crippen molar-refractivity contribution in [1.29, 1.82) is 0 Å². The number of aryl methyl sites for hydroxylation is 1. The van der Waals surface area contributed by atoms with Gasteiger partial charge in [0, 0.05) is 30.2 Å². The van der Waals surface area contributed by atoms with Gasteiger partial charge in [-0.2, -0.15) is 13.2 Å². The van der Waals surface area contributed by atoms with Crippen LogP contribution in [0.5, 0.6) is 0 Å². The number of ketones is 1. The van der Waals surface area contributed by atoms with Gasteiger partial charge in [0.1, 0.15) is 11.4 Å². The van der Waals surface area contributed by atoms with Crippen LogP contribution in [-0.2, 0) is 11.2 Å². The molecule has 3 aromatic heterocycles. The lowest BCUT2D eigenvalue weighted by Crippen LogP contribution is -2.12. The third kappa shape index (κ3) is 5.00. The minimum Gasteiger partial charge on any atom is -0.381 e. The van der Waals surface area contributed by atoms with Gasteiger partial charge in [-0.25, -0.2) is 19.3 Å². The van der Waals surface area contributed by atoms with E-state index in [9.17, 15) is 22.4 Å². The normalized spacial score (nSPS) is 11.8. The molecule has 4 rings (SSSR count). The van der Waals surface area contributed by atoms with Crippen LogP contribution in [0.4, 0.5) is 23.4 Å². The number of anilines is 1. The average Bonchev–Trinajstić information content (AvgIpc) is 3.18. The zero-order valence-corrected chi connectivity index (χ0v) is 17.5. The Hall–Kier alpha value is -3.82. The highest BCUT2D eigenvalue weighted by atomic mass is 19.4. The van der Waals surface area contributed by atoms with Gasteiger partial charge in [-0.1, -0.05) is 12.1 Å². The molecule has 0 saturated carbocycles. The van der Waals surface area contributed by atoms with Crippen molar-refractivity contribution in [2.45, 2.75) is 32.4 Å². The number of aromatic nitrogens is 4. The fourth-order valence-electron chi connectivity index (χ4n) is 3.49. The van der Waals surface area contributed by atoms with Gasteiger partial charge in [-0.05, 0) is 36.2 Å². The van der Waals surface area contributed by atoms with E-state index in [1.807, 2.05) is 17.4 Å². The maximum atomic E-state index is 13.4. The minimum atomic E-state index is -4.35. The van der Waals surface area contributed by atoms with E-state index in [4.69, 9.17) is 5.73 Å². The molecule has 0 radical (unpaired) electrons. The van der Waals surface area contributed by atoms with E-state index >= 15 is 0 Å². The molecule has 0 fully saturated rings. The Balaban J connectivity index is 1.63. The second-order valence-electron chi connectivity index (χ2n) is 7.69. The van der Waals surface area contributed by atoms with Crippen LogP contribution in [-0.4, -0.2) is 31.3 Å². The Morgan fingerprint density at radius 3 is 2.64 bits per heavy atom. The van der Waals surface area contributed by atoms with Gasteiger partial charge in [0.15, 0.2) is 17.5 Å². The Morgan fingerprint density at radius 2 is 1.91 bits per heavy atom. The summed E-state index contributed by atoms with van der Waals surface area (Å²) in [6.45, 7) is 1.90. The summed E-state index contributed by atoms with van der Waals surface area (Å²) in [6, 6.07) is 8.83. The maximum Gasteiger partial charge on any atom is 0.389 e. The van der Waals surface area contributed by atoms with Gasteiger partial charge in [-0.15, -0.1) is 0 Å². The van der Waals surface area contributed by atoms with E-state index in [1.165, 1.54) is 0 Å². The van der Waals surface area contributed by atoms with Crippen LogP contribution >= 0.6 is 0 Å².